The molecule has 0 saturated carbocycles. The Morgan fingerprint density at radius 2 is 2.06 bits per heavy atom. The van der Waals surface area contributed by atoms with Gasteiger partial charge < -0.3 is 5.32 Å². The molecule has 5 nitrogen and oxygen atoms in total. The summed E-state index contributed by atoms with van der Waals surface area (Å²) >= 11 is 0. The molecule has 0 saturated heterocycles. The van der Waals surface area contributed by atoms with Crippen LogP contribution in [-0.2, 0) is 7.05 Å². The fourth-order valence-electron chi connectivity index (χ4n) is 1.65. The number of aryl methyl sites for hydroxylation is 2. The predicted molar refractivity (Wildman–Crippen MR) is 67.1 cm³/mol. The number of amides is 1. The molecule has 0 spiro atoms. The molecule has 1 amide bonds. The Bertz CT molecular complexity index is 619. The molecule has 0 radical (unpaired) electrons. The molecule has 1 aromatic carbocycles. The van der Waals surface area contributed by atoms with E-state index in [9.17, 15) is 4.79 Å². The highest BCUT2D eigenvalue weighted by Crippen LogP contribution is 2.11. The Kier molecular flexibility index (Phi) is 3.11. The molecule has 0 bridgehead atoms. The van der Waals surface area contributed by atoms with Crippen LogP contribution in [0.2, 0.25) is 0 Å². The third kappa shape index (κ3) is 2.38. The maximum absolute atomic E-state index is 12.0. The van der Waals surface area contributed by atoms with Crippen LogP contribution in [-0.4, -0.2) is 15.7 Å². The van der Waals surface area contributed by atoms with E-state index in [-0.39, 0.29) is 5.91 Å². The second-order valence-corrected chi connectivity index (χ2v) is 3.94. The standard InChI is InChI=1S/C13H12N4O/c1-9-7-12(17(2)16-9)13(18)15-11-5-3-10(8-14)4-6-11/h3-7H,1-2H3,(H,15,18). The molecule has 1 aromatic heterocycles. The lowest BCUT2D eigenvalue weighted by molar-refractivity contribution is 0.101. The van der Waals surface area contributed by atoms with Crippen molar-refractivity contribution >= 4 is 11.6 Å². The summed E-state index contributed by atoms with van der Waals surface area (Å²) in [6, 6.07) is 10.4. The highest BCUT2D eigenvalue weighted by Gasteiger charge is 2.11. The van der Waals surface area contributed by atoms with Gasteiger partial charge >= 0.3 is 0 Å². The Balaban J connectivity index is 2.16. The minimum Gasteiger partial charge on any atom is -0.321 e. The zero-order valence-corrected chi connectivity index (χ0v) is 10.1. The van der Waals surface area contributed by atoms with Crippen LogP contribution in [0.4, 0.5) is 5.69 Å². The third-order valence-electron chi connectivity index (χ3n) is 2.51. The van der Waals surface area contributed by atoms with E-state index in [4.69, 9.17) is 5.26 Å². The highest BCUT2D eigenvalue weighted by atomic mass is 16.2. The van der Waals surface area contributed by atoms with Gasteiger partial charge in [-0.15, -0.1) is 0 Å². The monoisotopic (exact) mass is 240 g/mol. The molecule has 1 heterocycles. The molecule has 5 heteroatoms. The van der Waals surface area contributed by atoms with Crippen molar-refractivity contribution in [3.8, 4) is 6.07 Å². The van der Waals surface area contributed by atoms with E-state index >= 15 is 0 Å². The Morgan fingerprint density at radius 3 is 2.56 bits per heavy atom. The fraction of sp³-hybridized carbons (Fsp3) is 0.154. The molecular formula is C13H12N4O. The van der Waals surface area contributed by atoms with Gasteiger partial charge in [-0.05, 0) is 37.3 Å². The summed E-state index contributed by atoms with van der Waals surface area (Å²) in [4.78, 5) is 12.0. The number of benzene rings is 1. The molecule has 0 atom stereocenters. The van der Waals surface area contributed by atoms with E-state index in [0.717, 1.165) is 5.69 Å². The van der Waals surface area contributed by atoms with Gasteiger partial charge in [0.2, 0.25) is 0 Å². The first kappa shape index (κ1) is 11.9. The molecule has 2 rings (SSSR count). The molecule has 18 heavy (non-hydrogen) atoms. The van der Waals surface area contributed by atoms with Crippen molar-refractivity contribution in [2.75, 3.05) is 5.32 Å². The van der Waals surface area contributed by atoms with Crippen molar-refractivity contribution in [2.24, 2.45) is 7.05 Å². The van der Waals surface area contributed by atoms with Crippen molar-refractivity contribution < 1.29 is 4.79 Å². The summed E-state index contributed by atoms with van der Waals surface area (Å²) in [5.74, 6) is -0.220. The van der Waals surface area contributed by atoms with Gasteiger partial charge in [0.1, 0.15) is 5.69 Å². The van der Waals surface area contributed by atoms with E-state index in [1.165, 1.54) is 4.68 Å². The summed E-state index contributed by atoms with van der Waals surface area (Å²) in [5, 5.41) is 15.5. The van der Waals surface area contributed by atoms with Crippen molar-refractivity contribution in [1.82, 2.24) is 9.78 Å². The number of hydrogen-bond donors (Lipinski definition) is 1. The maximum atomic E-state index is 12.0. The van der Waals surface area contributed by atoms with Crippen LogP contribution < -0.4 is 5.32 Å². The number of aromatic nitrogens is 2. The molecule has 0 aliphatic rings. The first-order chi connectivity index (χ1) is 8.60. The average Bonchev–Trinajstić information content (AvgIpc) is 2.69. The minimum atomic E-state index is -0.220. The summed E-state index contributed by atoms with van der Waals surface area (Å²) in [6.45, 7) is 1.83. The number of nitrogens with one attached hydrogen (secondary N) is 1. The number of anilines is 1. The molecule has 90 valence electrons. The smallest absolute Gasteiger partial charge is 0.273 e. The van der Waals surface area contributed by atoms with Gasteiger partial charge in [0.25, 0.3) is 5.91 Å². The van der Waals surface area contributed by atoms with Crippen LogP contribution in [0.25, 0.3) is 0 Å². The van der Waals surface area contributed by atoms with Crippen LogP contribution in [0.5, 0.6) is 0 Å². The van der Waals surface area contributed by atoms with E-state index in [0.29, 0.717) is 16.9 Å². The lowest BCUT2D eigenvalue weighted by Gasteiger charge is -2.04. The number of nitriles is 1. The largest absolute Gasteiger partial charge is 0.321 e. The number of carbonyl (C=O) groups is 1. The lowest BCUT2D eigenvalue weighted by atomic mass is 10.2. The first-order valence-corrected chi connectivity index (χ1v) is 5.42. The van der Waals surface area contributed by atoms with Crippen LogP contribution in [0.1, 0.15) is 21.7 Å². The van der Waals surface area contributed by atoms with E-state index in [1.807, 2.05) is 13.0 Å². The Morgan fingerprint density at radius 1 is 1.39 bits per heavy atom. The Labute approximate surface area is 105 Å². The second-order valence-electron chi connectivity index (χ2n) is 3.94. The quantitative estimate of drug-likeness (QED) is 0.870. The van der Waals surface area contributed by atoms with E-state index in [1.54, 1.807) is 37.4 Å². The lowest BCUT2D eigenvalue weighted by Crippen LogP contribution is -2.15. The molecule has 1 N–H and O–H groups in total. The number of nitrogens with zero attached hydrogens (tertiary/aromatic N) is 3. The first-order valence-electron chi connectivity index (χ1n) is 5.42. The average molecular weight is 240 g/mol. The van der Waals surface area contributed by atoms with Crippen LogP contribution >= 0.6 is 0 Å². The minimum absolute atomic E-state index is 0.220. The molecule has 0 fully saturated rings. The van der Waals surface area contributed by atoms with Crippen molar-refractivity contribution in [1.29, 1.82) is 5.26 Å². The zero-order valence-electron chi connectivity index (χ0n) is 10.1. The van der Waals surface area contributed by atoms with E-state index in [2.05, 4.69) is 10.4 Å². The number of rotatable bonds is 2. The summed E-state index contributed by atoms with van der Waals surface area (Å²) in [5.41, 5.74) is 2.50. The number of carbonyl (C=O) groups excluding carboxylic acids is 1. The van der Waals surface area contributed by atoms with Gasteiger partial charge in [-0.1, -0.05) is 0 Å². The summed E-state index contributed by atoms with van der Waals surface area (Å²) in [6.07, 6.45) is 0. The topological polar surface area (TPSA) is 70.7 Å². The normalized spacial score (nSPS) is 9.83. The van der Waals surface area contributed by atoms with Gasteiger partial charge in [-0.3, -0.25) is 9.48 Å². The summed E-state index contributed by atoms with van der Waals surface area (Å²) in [7, 11) is 1.72. The van der Waals surface area contributed by atoms with E-state index < -0.39 is 0 Å². The highest BCUT2D eigenvalue weighted by molar-refractivity contribution is 6.03. The van der Waals surface area contributed by atoms with Crippen LogP contribution in [0.3, 0.4) is 0 Å². The van der Waals surface area contributed by atoms with Gasteiger partial charge in [-0.2, -0.15) is 10.4 Å². The van der Waals surface area contributed by atoms with Crippen LogP contribution in [0.15, 0.2) is 30.3 Å². The van der Waals surface area contributed by atoms with Gasteiger partial charge in [0, 0.05) is 12.7 Å². The molecule has 0 aliphatic heterocycles. The third-order valence-corrected chi connectivity index (χ3v) is 2.51. The zero-order chi connectivity index (χ0) is 13.1. The molecule has 0 unspecified atom stereocenters. The SMILES string of the molecule is Cc1cc(C(=O)Nc2ccc(C#N)cc2)n(C)n1. The van der Waals surface area contributed by atoms with Gasteiger partial charge in [-0.25, -0.2) is 0 Å². The predicted octanol–water partition coefficient (Wildman–Crippen LogP) is 1.85. The van der Waals surface area contributed by atoms with Crippen molar-refractivity contribution in [2.45, 2.75) is 6.92 Å². The molecule has 0 aliphatic carbocycles. The van der Waals surface area contributed by atoms with Crippen molar-refractivity contribution in [3.05, 3.63) is 47.3 Å². The van der Waals surface area contributed by atoms with Crippen LogP contribution in [0, 0.1) is 18.3 Å². The molecular weight excluding hydrogens is 228 g/mol. The van der Waals surface area contributed by atoms with Gasteiger partial charge in [0.15, 0.2) is 0 Å². The maximum Gasteiger partial charge on any atom is 0.273 e. The fourth-order valence-corrected chi connectivity index (χ4v) is 1.65. The molecule has 2 aromatic rings. The summed E-state index contributed by atoms with van der Waals surface area (Å²) < 4.78 is 1.54. The second kappa shape index (κ2) is 4.72. The van der Waals surface area contributed by atoms with Crippen molar-refractivity contribution in [3.63, 3.8) is 0 Å². The van der Waals surface area contributed by atoms with Gasteiger partial charge in [0.05, 0.1) is 17.3 Å². The Hall–Kier alpha value is -2.61. The number of hydrogen-bond acceptors (Lipinski definition) is 3.